The molecule has 3 heteroatoms. The lowest BCUT2D eigenvalue weighted by molar-refractivity contribution is 0.0273. The maximum absolute atomic E-state index is 10.4. The highest BCUT2D eigenvalue weighted by atomic mass is 32.2. The van der Waals surface area contributed by atoms with E-state index in [1.165, 1.54) is 6.42 Å². The predicted molar refractivity (Wildman–Crippen MR) is 75.8 cm³/mol. The lowest BCUT2D eigenvalue weighted by Gasteiger charge is -2.31. The molecule has 1 aromatic rings. The van der Waals surface area contributed by atoms with E-state index in [0.29, 0.717) is 0 Å². The van der Waals surface area contributed by atoms with E-state index in [0.717, 1.165) is 41.9 Å². The van der Waals surface area contributed by atoms with E-state index in [9.17, 15) is 10.2 Å². The van der Waals surface area contributed by atoms with Gasteiger partial charge in [0.1, 0.15) is 0 Å². The molecule has 0 aromatic heterocycles. The fourth-order valence-electron chi connectivity index (χ4n) is 2.44. The molecular formula is C15H22O2S. The Labute approximate surface area is 113 Å². The second kappa shape index (κ2) is 6.09. The van der Waals surface area contributed by atoms with Crippen LogP contribution in [0.5, 0.6) is 0 Å². The second-order valence-corrected chi connectivity index (χ2v) is 6.37. The maximum Gasteiger partial charge on any atom is 0.0762 e. The fraction of sp³-hybridized carbons (Fsp3) is 0.600. The van der Waals surface area contributed by atoms with Gasteiger partial charge in [0.05, 0.1) is 11.7 Å². The Morgan fingerprint density at radius 1 is 1.28 bits per heavy atom. The van der Waals surface area contributed by atoms with E-state index in [4.69, 9.17) is 0 Å². The Balaban J connectivity index is 1.95. The van der Waals surface area contributed by atoms with Crippen molar-refractivity contribution in [2.24, 2.45) is 0 Å². The Bertz CT molecular complexity index is 384. The molecule has 1 fully saturated rings. The molecule has 0 amide bonds. The SMILES string of the molecule is CC(O)c1cccc(SCC2(O)CCCCC2)c1. The highest BCUT2D eigenvalue weighted by molar-refractivity contribution is 7.99. The average molecular weight is 266 g/mol. The summed E-state index contributed by atoms with van der Waals surface area (Å²) in [7, 11) is 0. The van der Waals surface area contributed by atoms with Crippen molar-refractivity contribution >= 4 is 11.8 Å². The van der Waals surface area contributed by atoms with Gasteiger partial charge in [-0.2, -0.15) is 0 Å². The molecule has 0 spiro atoms. The van der Waals surface area contributed by atoms with E-state index >= 15 is 0 Å². The predicted octanol–water partition coefficient (Wildman–Crippen LogP) is 3.53. The van der Waals surface area contributed by atoms with Crippen molar-refractivity contribution < 1.29 is 10.2 Å². The van der Waals surface area contributed by atoms with Gasteiger partial charge in [0.2, 0.25) is 0 Å². The summed E-state index contributed by atoms with van der Waals surface area (Å²) in [6.07, 6.45) is 4.97. The van der Waals surface area contributed by atoms with Crippen molar-refractivity contribution in [1.29, 1.82) is 0 Å². The molecule has 1 unspecified atom stereocenters. The Hall–Kier alpha value is -0.510. The summed E-state index contributed by atoms with van der Waals surface area (Å²) in [5, 5.41) is 20.0. The molecule has 0 radical (unpaired) electrons. The van der Waals surface area contributed by atoms with Crippen LogP contribution >= 0.6 is 11.8 Å². The van der Waals surface area contributed by atoms with Crippen molar-refractivity contribution in [3.8, 4) is 0 Å². The fourth-order valence-corrected chi connectivity index (χ4v) is 3.55. The minimum absolute atomic E-state index is 0.427. The number of hydrogen-bond acceptors (Lipinski definition) is 3. The zero-order valence-corrected chi connectivity index (χ0v) is 11.7. The smallest absolute Gasteiger partial charge is 0.0762 e. The van der Waals surface area contributed by atoms with Crippen LogP contribution in [0.4, 0.5) is 0 Å². The van der Waals surface area contributed by atoms with Gasteiger partial charge in [-0.25, -0.2) is 0 Å². The van der Waals surface area contributed by atoms with E-state index in [2.05, 4.69) is 0 Å². The molecule has 2 rings (SSSR count). The van der Waals surface area contributed by atoms with E-state index in [1.807, 2.05) is 24.3 Å². The summed E-state index contributed by atoms with van der Waals surface area (Å²) in [6.45, 7) is 1.78. The number of thioether (sulfide) groups is 1. The van der Waals surface area contributed by atoms with E-state index < -0.39 is 11.7 Å². The van der Waals surface area contributed by atoms with Crippen molar-refractivity contribution in [3.63, 3.8) is 0 Å². The Morgan fingerprint density at radius 2 is 2.00 bits per heavy atom. The van der Waals surface area contributed by atoms with Crippen LogP contribution in [0.15, 0.2) is 29.2 Å². The Kier molecular flexibility index (Phi) is 4.71. The normalized spacial score (nSPS) is 20.6. The van der Waals surface area contributed by atoms with Crippen molar-refractivity contribution in [3.05, 3.63) is 29.8 Å². The van der Waals surface area contributed by atoms with Crippen LogP contribution in [-0.2, 0) is 0 Å². The minimum Gasteiger partial charge on any atom is -0.389 e. The first-order valence-corrected chi connectivity index (χ1v) is 7.71. The number of aliphatic hydroxyl groups is 2. The van der Waals surface area contributed by atoms with Crippen LogP contribution in [0.2, 0.25) is 0 Å². The molecule has 100 valence electrons. The van der Waals surface area contributed by atoms with Crippen molar-refractivity contribution in [2.75, 3.05) is 5.75 Å². The lowest BCUT2D eigenvalue weighted by atomic mass is 9.86. The molecule has 0 bridgehead atoms. The van der Waals surface area contributed by atoms with Gasteiger partial charge in [-0.3, -0.25) is 0 Å². The standard InChI is InChI=1S/C15H22O2S/c1-12(16)13-6-5-7-14(10-13)18-11-15(17)8-3-2-4-9-15/h5-7,10,12,16-17H,2-4,8-9,11H2,1H3. The summed E-state index contributed by atoms with van der Waals surface area (Å²) in [6, 6.07) is 7.96. The second-order valence-electron chi connectivity index (χ2n) is 5.32. The number of benzene rings is 1. The highest BCUT2D eigenvalue weighted by Crippen LogP contribution is 2.34. The molecular weight excluding hydrogens is 244 g/mol. The van der Waals surface area contributed by atoms with Crippen molar-refractivity contribution in [2.45, 2.75) is 55.6 Å². The first kappa shape index (κ1) is 13.9. The molecule has 1 aliphatic carbocycles. The van der Waals surface area contributed by atoms with Gasteiger partial charge < -0.3 is 10.2 Å². The zero-order chi connectivity index (χ0) is 13.0. The van der Waals surface area contributed by atoms with E-state index in [1.54, 1.807) is 18.7 Å². The van der Waals surface area contributed by atoms with Crippen LogP contribution < -0.4 is 0 Å². The average Bonchev–Trinajstić information content (AvgIpc) is 2.38. The van der Waals surface area contributed by atoms with Crippen LogP contribution in [0.1, 0.15) is 50.7 Å². The van der Waals surface area contributed by atoms with Crippen LogP contribution in [-0.4, -0.2) is 21.6 Å². The molecule has 1 atom stereocenters. The molecule has 0 aliphatic heterocycles. The molecule has 1 saturated carbocycles. The van der Waals surface area contributed by atoms with Gasteiger partial charge in [0, 0.05) is 10.6 Å². The van der Waals surface area contributed by atoms with Gasteiger partial charge in [0.15, 0.2) is 0 Å². The largest absolute Gasteiger partial charge is 0.389 e. The Morgan fingerprint density at radius 3 is 2.67 bits per heavy atom. The summed E-state index contributed by atoms with van der Waals surface area (Å²) >= 11 is 1.70. The molecule has 1 aromatic carbocycles. The first-order chi connectivity index (χ1) is 8.59. The van der Waals surface area contributed by atoms with Crippen LogP contribution in [0.3, 0.4) is 0 Å². The molecule has 0 saturated heterocycles. The molecule has 2 nitrogen and oxygen atoms in total. The van der Waals surface area contributed by atoms with Gasteiger partial charge in [-0.05, 0) is 37.5 Å². The van der Waals surface area contributed by atoms with Crippen molar-refractivity contribution in [1.82, 2.24) is 0 Å². The summed E-state index contributed by atoms with van der Waals surface area (Å²) < 4.78 is 0. The zero-order valence-electron chi connectivity index (χ0n) is 10.9. The monoisotopic (exact) mass is 266 g/mol. The van der Waals surface area contributed by atoms with Crippen LogP contribution in [0.25, 0.3) is 0 Å². The van der Waals surface area contributed by atoms with Gasteiger partial charge >= 0.3 is 0 Å². The number of aliphatic hydroxyl groups excluding tert-OH is 1. The van der Waals surface area contributed by atoms with E-state index in [-0.39, 0.29) is 0 Å². The maximum atomic E-state index is 10.4. The highest BCUT2D eigenvalue weighted by Gasteiger charge is 2.28. The number of hydrogen-bond donors (Lipinski definition) is 2. The molecule has 18 heavy (non-hydrogen) atoms. The molecule has 0 heterocycles. The third-order valence-corrected chi connectivity index (χ3v) is 4.90. The quantitative estimate of drug-likeness (QED) is 0.819. The lowest BCUT2D eigenvalue weighted by Crippen LogP contribution is -2.33. The van der Waals surface area contributed by atoms with Gasteiger partial charge in [-0.15, -0.1) is 11.8 Å². The molecule has 1 aliphatic rings. The minimum atomic E-state index is -0.482. The first-order valence-electron chi connectivity index (χ1n) is 6.72. The van der Waals surface area contributed by atoms with Gasteiger partial charge in [0.25, 0.3) is 0 Å². The summed E-state index contributed by atoms with van der Waals surface area (Å²) in [4.78, 5) is 1.13. The summed E-state index contributed by atoms with van der Waals surface area (Å²) in [5.74, 6) is 0.760. The third-order valence-electron chi connectivity index (χ3n) is 3.63. The summed E-state index contributed by atoms with van der Waals surface area (Å²) in [5.41, 5.74) is 0.458. The third kappa shape index (κ3) is 3.74. The topological polar surface area (TPSA) is 40.5 Å². The molecule has 2 N–H and O–H groups in total. The van der Waals surface area contributed by atoms with Crippen LogP contribution in [0, 0.1) is 0 Å². The van der Waals surface area contributed by atoms with Gasteiger partial charge in [-0.1, -0.05) is 31.4 Å². The number of rotatable bonds is 4.